The predicted molar refractivity (Wildman–Crippen MR) is 106 cm³/mol. The third-order valence-corrected chi connectivity index (χ3v) is 6.30. The van der Waals surface area contributed by atoms with E-state index in [-0.39, 0.29) is 16.6 Å². The van der Waals surface area contributed by atoms with Crippen molar-refractivity contribution in [3.63, 3.8) is 0 Å². The third kappa shape index (κ3) is 4.87. The summed E-state index contributed by atoms with van der Waals surface area (Å²) in [5.74, 6) is 0.506. The van der Waals surface area contributed by atoms with Gasteiger partial charge in [-0.05, 0) is 41.3 Å². The van der Waals surface area contributed by atoms with Gasteiger partial charge >= 0.3 is 0 Å². The first-order valence-electron chi connectivity index (χ1n) is 8.12. The van der Waals surface area contributed by atoms with Gasteiger partial charge in [-0.25, -0.2) is 4.39 Å². The summed E-state index contributed by atoms with van der Waals surface area (Å²) >= 11 is 1.10. The van der Waals surface area contributed by atoms with Gasteiger partial charge < -0.3 is 9.47 Å². The van der Waals surface area contributed by atoms with Crippen LogP contribution >= 0.6 is 11.3 Å². The van der Waals surface area contributed by atoms with Crippen molar-refractivity contribution in [1.29, 1.82) is 0 Å². The molecule has 0 bridgehead atoms. The monoisotopic (exact) mass is 420 g/mol. The molecule has 3 aromatic rings. The van der Waals surface area contributed by atoms with E-state index in [0.29, 0.717) is 22.6 Å². The van der Waals surface area contributed by atoms with Gasteiger partial charge in [-0.15, -0.1) is 11.3 Å². The normalized spacial score (nSPS) is 11.5. The van der Waals surface area contributed by atoms with Gasteiger partial charge in [0, 0.05) is 5.56 Å². The van der Waals surface area contributed by atoms with Crippen LogP contribution in [0.3, 0.4) is 0 Å². The second-order valence-electron chi connectivity index (χ2n) is 5.58. The van der Waals surface area contributed by atoms with E-state index in [2.05, 4.69) is 9.93 Å². The molecular weight excluding hydrogens is 403 g/mol. The van der Waals surface area contributed by atoms with Crippen LogP contribution in [0.25, 0.3) is 0 Å². The number of hydrogen-bond acceptors (Lipinski definition) is 6. The largest absolute Gasteiger partial charge is 0.493 e. The zero-order valence-corrected chi connectivity index (χ0v) is 16.5. The van der Waals surface area contributed by atoms with Crippen molar-refractivity contribution in [1.82, 2.24) is 4.83 Å². The van der Waals surface area contributed by atoms with Crippen molar-refractivity contribution < 1.29 is 22.3 Å². The Balaban J connectivity index is 1.68. The van der Waals surface area contributed by atoms with Crippen molar-refractivity contribution in [3.05, 3.63) is 76.9 Å². The standard InChI is InChI=1S/C19H17FN2O4S2/c1-25-18-11-14(12-21-22-28(23,24)19-7-4-10-27-19)8-9-17(18)26-13-15-5-2-3-6-16(15)20/h2-12,22H,13H2,1H3/b21-12+. The summed E-state index contributed by atoms with van der Waals surface area (Å²) in [5, 5.41) is 5.45. The third-order valence-electron chi connectivity index (χ3n) is 3.68. The molecule has 3 rings (SSSR count). The Morgan fingerprint density at radius 2 is 1.96 bits per heavy atom. The second kappa shape index (κ2) is 8.85. The lowest BCUT2D eigenvalue weighted by Crippen LogP contribution is -2.17. The van der Waals surface area contributed by atoms with Crippen molar-refractivity contribution in [2.75, 3.05) is 7.11 Å². The van der Waals surface area contributed by atoms with Crippen molar-refractivity contribution in [2.24, 2.45) is 5.10 Å². The van der Waals surface area contributed by atoms with Gasteiger partial charge in [0.1, 0.15) is 16.6 Å². The molecule has 146 valence electrons. The average molecular weight is 420 g/mol. The number of rotatable bonds is 8. The molecule has 1 N–H and O–H groups in total. The maximum Gasteiger partial charge on any atom is 0.286 e. The van der Waals surface area contributed by atoms with Crippen LogP contribution in [-0.2, 0) is 16.6 Å². The van der Waals surface area contributed by atoms with E-state index in [1.165, 1.54) is 25.5 Å². The highest BCUT2D eigenvalue weighted by molar-refractivity contribution is 7.91. The Hall–Kier alpha value is -2.91. The molecule has 0 aliphatic rings. The van der Waals surface area contributed by atoms with E-state index in [0.717, 1.165) is 11.3 Å². The molecule has 0 unspecified atom stereocenters. The van der Waals surface area contributed by atoms with E-state index in [1.54, 1.807) is 47.8 Å². The first-order chi connectivity index (χ1) is 13.5. The Labute approximate surface area is 166 Å². The molecule has 9 heteroatoms. The van der Waals surface area contributed by atoms with Crippen molar-refractivity contribution in [2.45, 2.75) is 10.8 Å². The molecule has 2 aromatic carbocycles. The Kier molecular flexibility index (Phi) is 6.27. The van der Waals surface area contributed by atoms with Gasteiger partial charge in [0.15, 0.2) is 11.5 Å². The molecule has 0 radical (unpaired) electrons. The summed E-state index contributed by atoms with van der Waals surface area (Å²) in [6.45, 7) is 0.0527. The van der Waals surface area contributed by atoms with Gasteiger partial charge in [-0.3, -0.25) is 0 Å². The second-order valence-corrected chi connectivity index (χ2v) is 8.41. The number of nitrogens with zero attached hydrogens (tertiary/aromatic N) is 1. The molecule has 0 saturated carbocycles. The molecular formula is C19H17FN2O4S2. The Morgan fingerprint density at radius 3 is 2.68 bits per heavy atom. The Morgan fingerprint density at radius 1 is 1.14 bits per heavy atom. The fourth-order valence-electron chi connectivity index (χ4n) is 2.29. The van der Waals surface area contributed by atoms with Crippen molar-refractivity contribution >= 4 is 27.6 Å². The summed E-state index contributed by atoms with van der Waals surface area (Å²) in [6.07, 6.45) is 1.36. The number of ether oxygens (including phenoxy) is 2. The van der Waals surface area contributed by atoms with E-state index in [4.69, 9.17) is 9.47 Å². The molecule has 0 aliphatic carbocycles. The zero-order chi connectivity index (χ0) is 20.0. The van der Waals surface area contributed by atoms with E-state index in [9.17, 15) is 12.8 Å². The van der Waals surface area contributed by atoms with Crippen LogP contribution in [0.1, 0.15) is 11.1 Å². The molecule has 1 heterocycles. The van der Waals surface area contributed by atoms with Gasteiger partial charge in [0.2, 0.25) is 0 Å². The minimum atomic E-state index is -3.68. The Bertz CT molecular complexity index is 1070. The topological polar surface area (TPSA) is 77.0 Å². The van der Waals surface area contributed by atoms with Gasteiger partial charge in [0.25, 0.3) is 10.0 Å². The summed E-state index contributed by atoms with van der Waals surface area (Å²) < 4.78 is 48.8. The number of hydrogen-bond donors (Lipinski definition) is 1. The minimum Gasteiger partial charge on any atom is -0.493 e. The number of hydrazone groups is 1. The quantitative estimate of drug-likeness (QED) is 0.444. The average Bonchev–Trinajstić information content (AvgIpc) is 3.23. The lowest BCUT2D eigenvalue weighted by Gasteiger charge is -2.11. The van der Waals surface area contributed by atoms with Crippen molar-refractivity contribution in [3.8, 4) is 11.5 Å². The predicted octanol–water partition coefficient (Wildman–Crippen LogP) is 3.79. The number of sulfonamides is 1. The number of benzene rings is 2. The van der Waals surface area contributed by atoms with Crippen LogP contribution in [0, 0.1) is 5.82 Å². The maximum absolute atomic E-state index is 13.7. The first kappa shape index (κ1) is 19.8. The van der Waals surface area contributed by atoms with Crippen LogP contribution in [0.15, 0.2) is 69.3 Å². The number of thiophene rings is 1. The van der Waals surface area contributed by atoms with Crippen LogP contribution in [0.5, 0.6) is 11.5 Å². The molecule has 0 saturated heterocycles. The number of methoxy groups -OCH3 is 1. The number of halogens is 1. The highest BCUT2D eigenvalue weighted by Gasteiger charge is 2.13. The number of nitrogens with one attached hydrogen (secondary N) is 1. The van der Waals surface area contributed by atoms with Gasteiger partial charge in [-0.1, -0.05) is 24.3 Å². The highest BCUT2D eigenvalue weighted by Crippen LogP contribution is 2.28. The van der Waals surface area contributed by atoms with Crippen LogP contribution in [-0.4, -0.2) is 21.7 Å². The molecule has 28 heavy (non-hydrogen) atoms. The lowest BCUT2D eigenvalue weighted by molar-refractivity contribution is 0.279. The zero-order valence-electron chi connectivity index (χ0n) is 14.8. The molecule has 0 spiro atoms. The molecule has 0 aliphatic heterocycles. The first-order valence-corrected chi connectivity index (χ1v) is 10.5. The smallest absolute Gasteiger partial charge is 0.286 e. The molecule has 0 atom stereocenters. The van der Waals surface area contributed by atoms with E-state index in [1.807, 2.05) is 0 Å². The molecule has 0 fully saturated rings. The van der Waals surface area contributed by atoms with E-state index < -0.39 is 10.0 Å². The molecule has 6 nitrogen and oxygen atoms in total. The highest BCUT2D eigenvalue weighted by atomic mass is 32.2. The van der Waals surface area contributed by atoms with Crippen LogP contribution in [0.2, 0.25) is 0 Å². The van der Waals surface area contributed by atoms with Crippen LogP contribution in [0.4, 0.5) is 4.39 Å². The molecule has 0 amide bonds. The fraction of sp³-hybridized carbons (Fsp3) is 0.105. The minimum absolute atomic E-state index is 0.0527. The van der Waals surface area contributed by atoms with E-state index >= 15 is 0 Å². The summed E-state index contributed by atoms with van der Waals surface area (Å²) in [7, 11) is -2.20. The SMILES string of the molecule is COc1cc(/C=N/NS(=O)(=O)c2cccs2)ccc1OCc1ccccc1F. The van der Waals surface area contributed by atoms with Gasteiger partial charge in [-0.2, -0.15) is 18.4 Å². The maximum atomic E-state index is 13.7. The van der Waals surface area contributed by atoms with Gasteiger partial charge in [0.05, 0.1) is 13.3 Å². The summed E-state index contributed by atoms with van der Waals surface area (Å²) in [5.41, 5.74) is 1.03. The summed E-state index contributed by atoms with van der Waals surface area (Å²) in [6, 6.07) is 14.5. The fourth-order valence-corrected chi connectivity index (χ4v) is 4.06. The van der Waals surface area contributed by atoms with Crippen LogP contribution < -0.4 is 14.3 Å². The molecule has 1 aromatic heterocycles. The lowest BCUT2D eigenvalue weighted by atomic mass is 10.2. The summed E-state index contributed by atoms with van der Waals surface area (Å²) in [4.78, 5) is 2.15.